The maximum atomic E-state index is 12.6. The summed E-state index contributed by atoms with van der Waals surface area (Å²) in [7, 11) is 0. The zero-order chi connectivity index (χ0) is 23.4. The minimum absolute atomic E-state index is 0.0396. The molecule has 1 saturated heterocycles. The number of esters is 1. The molecular formula is C24H26ClN5O3. The minimum atomic E-state index is -0.737. The molecule has 0 radical (unpaired) electrons. The van der Waals surface area contributed by atoms with Gasteiger partial charge in [0.25, 0.3) is 5.91 Å². The van der Waals surface area contributed by atoms with Crippen LogP contribution in [0.25, 0.3) is 5.82 Å². The number of nitrogens with zero attached hydrogens (tertiary/aromatic N) is 5. The molecular weight excluding hydrogens is 442 g/mol. The van der Waals surface area contributed by atoms with E-state index in [0.717, 1.165) is 31.0 Å². The number of halogens is 1. The zero-order valence-electron chi connectivity index (χ0n) is 18.7. The molecule has 0 spiro atoms. The Morgan fingerprint density at radius 2 is 1.76 bits per heavy atom. The van der Waals surface area contributed by atoms with E-state index in [-0.39, 0.29) is 23.2 Å². The summed E-state index contributed by atoms with van der Waals surface area (Å²) >= 11 is 6.18. The molecule has 0 aliphatic carbocycles. The average Bonchev–Trinajstić information content (AvgIpc) is 3.16. The highest BCUT2D eigenvalue weighted by Gasteiger charge is 2.23. The molecule has 1 aliphatic rings. The number of hydrogen-bond donors (Lipinski definition) is 0. The third-order valence-electron chi connectivity index (χ3n) is 5.55. The van der Waals surface area contributed by atoms with Crippen molar-refractivity contribution in [2.75, 3.05) is 32.8 Å². The van der Waals surface area contributed by atoms with E-state index in [0.29, 0.717) is 18.9 Å². The maximum absolute atomic E-state index is 12.6. The summed E-state index contributed by atoms with van der Waals surface area (Å²) in [6.07, 6.45) is 0. The lowest BCUT2D eigenvalue weighted by Gasteiger charge is -2.34. The van der Waals surface area contributed by atoms with Gasteiger partial charge in [-0.05, 0) is 37.6 Å². The molecule has 8 nitrogen and oxygen atoms in total. The Morgan fingerprint density at radius 1 is 1.03 bits per heavy atom. The number of aromatic nitrogens is 3. The first-order valence-corrected chi connectivity index (χ1v) is 11.2. The number of carbonyl (C=O) groups is 2. The molecule has 172 valence electrons. The maximum Gasteiger partial charge on any atom is 0.359 e. The van der Waals surface area contributed by atoms with E-state index >= 15 is 0 Å². The Hall–Kier alpha value is -3.23. The Kier molecular flexibility index (Phi) is 7.05. The molecule has 3 aromatic rings. The highest BCUT2D eigenvalue weighted by Crippen LogP contribution is 2.19. The fraction of sp³-hybridized carbons (Fsp3) is 0.333. The van der Waals surface area contributed by atoms with Crippen LogP contribution in [0.15, 0.2) is 48.5 Å². The van der Waals surface area contributed by atoms with Crippen LogP contribution in [0, 0.1) is 13.8 Å². The van der Waals surface area contributed by atoms with Crippen LogP contribution in [-0.2, 0) is 16.1 Å². The van der Waals surface area contributed by atoms with Crippen molar-refractivity contribution in [1.29, 1.82) is 0 Å². The summed E-state index contributed by atoms with van der Waals surface area (Å²) in [6.45, 7) is 7.01. The van der Waals surface area contributed by atoms with E-state index in [4.69, 9.17) is 16.3 Å². The summed E-state index contributed by atoms with van der Waals surface area (Å²) in [5.41, 5.74) is 2.92. The number of piperazine rings is 1. The van der Waals surface area contributed by atoms with Crippen molar-refractivity contribution in [2.45, 2.75) is 20.4 Å². The van der Waals surface area contributed by atoms with Gasteiger partial charge in [-0.3, -0.25) is 9.69 Å². The van der Waals surface area contributed by atoms with Gasteiger partial charge in [0, 0.05) is 38.4 Å². The van der Waals surface area contributed by atoms with Gasteiger partial charge in [-0.2, -0.15) is 5.10 Å². The van der Waals surface area contributed by atoms with Crippen molar-refractivity contribution >= 4 is 23.5 Å². The lowest BCUT2D eigenvalue weighted by Crippen LogP contribution is -2.49. The van der Waals surface area contributed by atoms with Gasteiger partial charge in [0.15, 0.2) is 18.1 Å². The standard InChI is InChI=1S/C24H26ClN5O3/c1-17-14-18(2)30(27-17)21-9-8-20(25)23(26-21)24(32)33-16-22(31)29-12-10-28(11-13-29)15-19-6-4-3-5-7-19/h3-9,14H,10-13,15-16H2,1-2H3. The van der Waals surface area contributed by atoms with Crippen LogP contribution in [0.1, 0.15) is 27.4 Å². The number of benzene rings is 1. The normalized spacial score (nSPS) is 14.3. The van der Waals surface area contributed by atoms with Gasteiger partial charge < -0.3 is 9.64 Å². The van der Waals surface area contributed by atoms with E-state index in [1.54, 1.807) is 21.7 Å². The molecule has 0 N–H and O–H groups in total. The predicted octanol–water partition coefficient (Wildman–Crippen LogP) is 3.04. The van der Waals surface area contributed by atoms with Crippen LogP contribution < -0.4 is 0 Å². The van der Waals surface area contributed by atoms with Gasteiger partial charge in [0.1, 0.15) is 0 Å². The quantitative estimate of drug-likeness (QED) is 0.518. The van der Waals surface area contributed by atoms with Crippen LogP contribution in [0.2, 0.25) is 5.02 Å². The number of rotatable bonds is 6. The molecule has 2 aromatic heterocycles. The van der Waals surface area contributed by atoms with E-state index in [2.05, 4.69) is 27.1 Å². The van der Waals surface area contributed by atoms with Crippen LogP contribution in [0.5, 0.6) is 0 Å². The molecule has 3 heterocycles. The van der Waals surface area contributed by atoms with E-state index in [1.807, 2.05) is 38.1 Å². The summed E-state index contributed by atoms with van der Waals surface area (Å²) < 4.78 is 6.88. The summed E-state index contributed by atoms with van der Waals surface area (Å²) in [6, 6.07) is 15.4. The lowest BCUT2D eigenvalue weighted by molar-refractivity contribution is -0.136. The van der Waals surface area contributed by atoms with Crippen molar-refractivity contribution in [1.82, 2.24) is 24.6 Å². The van der Waals surface area contributed by atoms with E-state index in [9.17, 15) is 9.59 Å². The molecule has 1 aliphatic heterocycles. The number of hydrogen-bond acceptors (Lipinski definition) is 6. The summed E-state index contributed by atoms with van der Waals surface area (Å²) in [4.78, 5) is 33.5. The third kappa shape index (κ3) is 5.58. The lowest BCUT2D eigenvalue weighted by atomic mass is 10.2. The highest BCUT2D eigenvalue weighted by molar-refractivity contribution is 6.33. The minimum Gasteiger partial charge on any atom is -0.451 e. The van der Waals surface area contributed by atoms with Gasteiger partial charge in [-0.15, -0.1) is 0 Å². The summed E-state index contributed by atoms with van der Waals surface area (Å²) in [5.74, 6) is -0.509. The number of amides is 1. The number of ether oxygens (including phenoxy) is 1. The van der Waals surface area contributed by atoms with Gasteiger partial charge in [0.05, 0.1) is 10.7 Å². The fourth-order valence-corrected chi connectivity index (χ4v) is 4.02. The second-order valence-electron chi connectivity index (χ2n) is 8.06. The first-order chi connectivity index (χ1) is 15.9. The van der Waals surface area contributed by atoms with E-state index < -0.39 is 5.97 Å². The fourth-order valence-electron chi connectivity index (χ4n) is 3.84. The zero-order valence-corrected chi connectivity index (χ0v) is 19.5. The molecule has 1 fully saturated rings. The van der Waals surface area contributed by atoms with Gasteiger partial charge in [-0.25, -0.2) is 14.5 Å². The van der Waals surface area contributed by atoms with Crippen LogP contribution >= 0.6 is 11.6 Å². The van der Waals surface area contributed by atoms with Crippen molar-refractivity contribution < 1.29 is 14.3 Å². The van der Waals surface area contributed by atoms with Crippen molar-refractivity contribution in [3.8, 4) is 5.82 Å². The van der Waals surface area contributed by atoms with Crippen LogP contribution in [-0.4, -0.2) is 69.2 Å². The second-order valence-corrected chi connectivity index (χ2v) is 8.46. The topological polar surface area (TPSA) is 80.6 Å². The average molecular weight is 468 g/mol. The van der Waals surface area contributed by atoms with Gasteiger partial charge in [0.2, 0.25) is 0 Å². The number of carbonyl (C=O) groups excluding carboxylic acids is 2. The Balaban J connectivity index is 1.31. The Bertz CT molecular complexity index is 1140. The van der Waals surface area contributed by atoms with E-state index in [1.165, 1.54) is 5.56 Å². The second kappa shape index (κ2) is 10.1. The predicted molar refractivity (Wildman–Crippen MR) is 124 cm³/mol. The Labute approximate surface area is 197 Å². The summed E-state index contributed by atoms with van der Waals surface area (Å²) in [5, 5.41) is 4.53. The highest BCUT2D eigenvalue weighted by atomic mass is 35.5. The number of aryl methyl sites for hydroxylation is 2. The Morgan fingerprint density at radius 3 is 2.42 bits per heavy atom. The first kappa shape index (κ1) is 22.9. The SMILES string of the molecule is Cc1cc(C)n(-c2ccc(Cl)c(C(=O)OCC(=O)N3CCN(Cc4ccccc4)CC3)n2)n1. The largest absolute Gasteiger partial charge is 0.451 e. The van der Waals surface area contributed by atoms with Crippen molar-refractivity contribution in [3.63, 3.8) is 0 Å². The molecule has 0 atom stereocenters. The number of pyridine rings is 1. The van der Waals surface area contributed by atoms with Crippen LogP contribution in [0.4, 0.5) is 0 Å². The monoisotopic (exact) mass is 467 g/mol. The molecule has 1 amide bonds. The van der Waals surface area contributed by atoms with Crippen LogP contribution in [0.3, 0.4) is 0 Å². The van der Waals surface area contributed by atoms with Crippen molar-refractivity contribution in [2.24, 2.45) is 0 Å². The molecule has 33 heavy (non-hydrogen) atoms. The molecule has 9 heteroatoms. The van der Waals surface area contributed by atoms with Crippen molar-refractivity contribution in [3.05, 3.63) is 76.2 Å². The van der Waals surface area contributed by atoms with Gasteiger partial charge >= 0.3 is 5.97 Å². The third-order valence-corrected chi connectivity index (χ3v) is 5.86. The molecule has 1 aromatic carbocycles. The first-order valence-electron chi connectivity index (χ1n) is 10.8. The smallest absolute Gasteiger partial charge is 0.359 e. The molecule has 0 saturated carbocycles. The molecule has 0 unspecified atom stereocenters. The van der Waals surface area contributed by atoms with Gasteiger partial charge in [-0.1, -0.05) is 41.9 Å². The molecule has 0 bridgehead atoms. The molecule has 4 rings (SSSR count).